The third-order valence-electron chi connectivity index (χ3n) is 2.47. The third-order valence-corrected chi connectivity index (χ3v) is 3.52. The second-order valence-electron chi connectivity index (χ2n) is 3.76. The first-order valence-electron chi connectivity index (χ1n) is 5.37. The molecule has 2 rings (SSSR count). The highest BCUT2D eigenvalue weighted by atomic mass is 35.5. The van der Waals surface area contributed by atoms with Crippen LogP contribution in [0.2, 0.25) is 15.1 Å². The van der Waals surface area contributed by atoms with Crippen molar-refractivity contribution in [3.8, 4) is 11.8 Å². The molecule has 0 saturated heterocycles. The van der Waals surface area contributed by atoms with Crippen LogP contribution in [0.1, 0.15) is 11.1 Å². The molecule has 0 aliphatic heterocycles. The molecular weight excluding hydrogens is 305 g/mol. The molecule has 96 valence electrons. The maximum atomic E-state index is 9.02. The van der Waals surface area contributed by atoms with Crippen LogP contribution in [0.15, 0.2) is 36.4 Å². The molecule has 19 heavy (non-hydrogen) atoms. The Morgan fingerprint density at radius 2 is 1.79 bits per heavy atom. The van der Waals surface area contributed by atoms with Gasteiger partial charge >= 0.3 is 0 Å². The van der Waals surface area contributed by atoms with Gasteiger partial charge < -0.3 is 4.74 Å². The zero-order valence-electron chi connectivity index (χ0n) is 9.66. The van der Waals surface area contributed by atoms with Crippen LogP contribution < -0.4 is 4.74 Å². The van der Waals surface area contributed by atoms with E-state index in [9.17, 15) is 0 Å². The molecule has 2 aromatic rings. The lowest BCUT2D eigenvalue weighted by Crippen LogP contribution is -1.97. The van der Waals surface area contributed by atoms with E-state index in [-0.39, 0.29) is 6.61 Å². The van der Waals surface area contributed by atoms with Gasteiger partial charge in [0.05, 0.1) is 15.1 Å². The lowest BCUT2D eigenvalue weighted by Gasteiger charge is -2.09. The van der Waals surface area contributed by atoms with Crippen molar-refractivity contribution in [2.75, 3.05) is 0 Å². The highest BCUT2D eigenvalue weighted by molar-refractivity contribution is 6.42. The van der Waals surface area contributed by atoms with Crippen LogP contribution in [-0.2, 0) is 6.61 Å². The Hall–Kier alpha value is -1.40. The molecule has 2 aromatic carbocycles. The summed E-state index contributed by atoms with van der Waals surface area (Å²) in [5.41, 5.74) is 1.18. The molecule has 0 spiro atoms. The summed E-state index contributed by atoms with van der Waals surface area (Å²) in [4.78, 5) is 0. The maximum Gasteiger partial charge on any atom is 0.139 e. The smallest absolute Gasteiger partial charge is 0.139 e. The van der Waals surface area contributed by atoms with Gasteiger partial charge in [0.2, 0.25) is 0 Å². The van der Waals surface area contributed by atoms with Crippen molar-refractivity contribution in [2.45, 2.75) is 6.61 Å². The molecule has 0 fully saturated rings. The van der Waals surface area contributed by atoms with Gasteiger partial charge in [0, 0.05) is 0 Å². The standard InChI is InChI=1S/C14H8Cl3NO/c15-11-2-1-3-14(10(11)7-18)19-8-9-4-5-12(16)13(17)6-9/h1-6H,8H2. The molecule has 0 atom stereocenters. The van der Waals surface area contributed by atoms with Crippen molar-refractivity contribution in [3.63, 3.8) is 0 Å². The van der Waals surface area contributed by atoms with Gasteiger partial charge in [0.1, 0.15) is 24.0 Å². The molecule has 0 saturated carbocycles. The molecule has 0 unspecified atom stereocenters. The zero-order valence-corrected chi connectivity index (χ0v) is 11.9. The number of nitriles is 1. The van der Waals surface area contributed by atoms with E-state index in [0.717, 1.165) is 5.56 Å². The van der Waals surface area contributed by atoms with Crippen molar-refractivity contribution < 1.29 is 4.74 Å². The number of hydrogen-bond acceptors (Lipinski definition) is 2. The highest BCUT2D eigenvalue weighted by Gasteiger charge is 2.08. The van der Waals surface area contributed by atoms with Crippen molar-refractivity contribution >= 4 is 34.8 Å². The van der Waals surface area contributed by atoms with Gasteiger partial charge in [0.15, 0.2) is 0 Å². The van der Waals surface area contributed by atoms with Gasteiger partial charge in [-0.3, -0.25) is 0 Å². The molecule has 2 nitrogen and oxygen atoms in total. The fourth-order valence-corrected chi connectivity index (χ4v) is 2.05. The van der Waals surface area contributed by atoms with Crippen LogP contribution in [0.4, 0.5) is 0 Å². The first-order chi connectivity index (χ1) is 9.11. The Kier molecular flexibility index (Phi) is 4.55. The Balaban J connectivity index is 2.17. The second kappa shape index (κ2) is 6.16. The Morgan fingerprint density at radius 3 is 2.47 bits per heavy atom. The van der Waals surface area contributed by atoms with E-state index < -0.39 is 0 Å². The number of ether oxygens (including phenoxy) is 1. The first kappa shape index (κ1) is 14.0. The summed E-state index contributed by atoms with van der Waals surface area (Å²) in [7, 11) is 0. The van der Waals surface area contributed by atoms with E-state index in [0.29, 0.717) is 26.4 Å². The molecular formula is C14H8Cl3NO. The third kappa shape index (κ3) is 3.33. The van der Waals surface area contributed by atoms with Crippen molar-refractivity contribution in [1.82, 2.24) is 0 Å². The van der Waals surface area contributed by atoms with Crippen LogP contribution in [0.5, 0.6) is 5.75 Å². The van der Waals surface area contributed by atoms with Crippen molar-refractivity contribution in [3.05, 3.63) is 62.6 Å². The second-order valence-corrected chi connectivity index (χ2v) is 4.98. The van der Waals surface area contributed by atoms with Crippen LogP contribution in [0.25, 0.3) is 0 Å². The van der Waals surface area contributed by atoms with E-state index >= 15 is 0 Å². The SMILES string of the molecule is N#Cc1c(Cl)cccc1OCc1ccc(Cl)c(Cl)c1. The summed E-state index contributed by atoms with van der Waals surface area (Å²) < 4.78 is 5.58. The zero-order chi connectivity index (χ0) is 13.8. The van der Waals surface area contributed by atoms with Crippen LogP contribution >= 0.6 is 34.8 Å². The monoisotopic (exact) mass is 311 g/mol. The van der Waals surface area contributed by atoms with E-state index in [1.165, 1.54) is 0 Å². The number of hydrogen-bond donors (Lipinski definition) is 0. The molecule has 0 bridgehead atoms. The van der Waals surface area contributed by atoms with Crippen LogP contribution in [0.3, 0.4) is 0 Å². The van der Waals surface area contributed by atoms with E-state index in [4.69, 9.17) is 44.8 Å². The molecule has 0 radical (unpaired) electrons. The van der Waals surface area contributed by atoms with E-state index in [2.05, 4.69) is 0 Å². The summed E-state index contributed by atoms with van der Waals surface area (Å²) in [6.45, 7) is 0.284. The molecule has 0 aromatic heterocycles. The van der Waals surface area contributed by atoms with E-state index in [1.807, 2.05) is 12.1 Å². The van der Waals surface area contributed by atoms with Gasteiger partial charge in [-0.2, -0.15) is 5.26 Å². The predicted octanol–water partition coefficient (Wildman–Crippen LogP) is 5.10. The fourth-order valence-electron chi connectivity index (χ4n) is 1.52. The first-order valence-corrected chi connectivity index (χ1v) is 6.50. The minimum atomic E-state index is 0.284. The topological polar surface area (TPSA) is 33.0 Å². The number of rotatable bonds is 3. The number of halogens is 3. The lowest BCUT2D eigenvalue weighted by atomic mass is 10.2. The summed E-state index contributed by atoms with van der Waals surface area (Å²) in [6.07, 6.45) is 0. The molecule has 0 N–H and O–H groups in total. The maximum absolute atomic E-state index is 9.02. The lowest BCUT2D eigenvalue weighted by molar-refractivity contribution is 0.305. The average molecular weight is 313 g/mol. The van der Waals surface area contributed by atoms with Gasteiger partial charge in [-0.1, -0.05) is 46.9 Å². The quantitative estimate of drug-likeness (QED) is 0.790. The van der Waals surface area contributed by atoms with Crippen molar-refractivity contribution in [2.24, 2.45) is 0 Å². The Bertz CT molecular complexity index is 650. The number of benzene rings is 2. The molecule has 0 amide bonds. The minimum Gasteiger partial charge on any atom is -0.487 e. The van der Waals surface area contributed by atoms with Gasteiger partial charge in [0.25, 0.3) is 0 Å². The van der Waals surface area contributed by atoms with Crippen LogP contribution in [0, 0.1) is 11.3 Å². The molecule has 0 heterocycles. The van der Waals surface area contributed by atoms with E-state index in [1.54, 1.807) is 30.3 Å². The van der Waals surface area contributed by atoms with Crippen LogP contribution in [-0.4, -0.2) is 0 Å². The summed E-state index contributed by atoms with van der Waals surface area (Å²) >= 11 is 17.7. The minimum absolute atomic E-state index is 0.284. The molecule has 0 aliphatic rings. The molecule has 0 aliphatic carbocycles. The summed E-state index contributed by atoms with van der Waals surface area (Å²) in [5.74, 6) is 0.445. The largest absolute Gasteiger partial charge is 0.487 e. The predicted molar refractivity (Wildman–Crippen MR) is 77.0 cm³/mol. The van der Waals surface area contributed by atoms with Crippen molar-refractivity contribution in [1.29, 1.82) is 5.26 Å². The van der Waals surface area contributed by atoms with Gasteiger partial charge in [-0.25, -0.2) is 0 Å². The van der Waals surface area contributed by atoms with Gasteiger partial charge in [-0.15, -0.1) is 0 Å². The fraction of sp³-hybridized carbons (Fsp3) is 0.0714. The average Bonchev–Trinajstić information content (AvgIpc) is 2.40. The molecule has 5 heteroatoms. The normalized spacial score (nSPS) is 10.0. The highest BCUT2D eigenvalue weighted by Crippen LogP contribution is 2.27. The van der Waals surface area contributed by atoms with Gasteiger partial charge in [-0.05, 0) is 29.8 Å². The Morgan fingerprint density at radius 1 is 1.00 bits per heavy atom. The summed E-state index contributed by atoms with van der Waals surface area (Å²) in [5, 5.41) is 10.4. The Labute approximate surface area is 126 Å². The number of nitrogens with zero attached hydrogens (tertiary/aromatic N) is 1. The summed E-state index contributed by atoms with van der Waals surface area (Å²) in [6, 6.07) is 12.3.